The molecule has 0 spiro atoms. The molecule has 3 nitrogen and oxygen atoms in total. The van der Waals surface area contributed by atoms with Crippen LogP contribution in [-0.2, 0) is 4.79 Å². The van der Waals surface area contributed by atoms with Gasteiger partial charge in [-0.05, 0) is 20.0 Å². The molecule has 0 aliphatic heterocycles. The molecule has 0 saturated heterocycles. The van der Waals surface area contributed by atoms with Crippen LogP contribution in [0.2, 0.25) is 0 Å². The van der Waals surface area contributed by atoms with Gasteiger partial charge in [-0.15, -0.1) is 0 Å². The van der Waals surface area contributed by atoms with E-state index in [4.69, 9.17) is 5.11 Å². The molecule has 0 atom stereocenters. The zero-order valence-corrected chi connectivity index (χ0v) is 7.26. The number of likely N-dealkylation sites (N-methyl/N-ethyl adjacent to an activating group) is 1. The lowest BCUT2D eigenvalue weighted by Crippen LogP contribution is -2.27. The lowest BCUT2D eigenvalue weighted by atomic mass is 10.3. The van der Waals surface area contributed by atoms with E-state index in [-0.39, 0.29) is 19.5 Å². The van der Waals surface area contributed by atoms with Gasteiger partial charge in [-0.2, -0.15) is 13.2 Å². The van der Waals surface area contributed by atoms with Gasteiger partial charge in [-0.25, -0.2) is 0 Å². The first-order chi connectivity index (χ1) is 5.81. The molecule has 0 heterocycles. The summed E-state index contributed by atoms with van der Waals surface area (Å²) in [5.74, 6) is -1.03. The maximum Gasteiger partial charge on any atom is 0.389 e. The predicted octanol–water partition coefficient (Wildman–Crippen LogP) is 1.35. The molecule has 0 aromatic carbocycles. The lowest BCUT2D eigenvalue weighted by molar-refractivity contribution is -0.139. The van der Waals surface area contributed by atoms with Gasteiger partial charge in [0.1, 0.15) is 0 Å². The summed E-state index contributed by atoms with van der Waals surface area (Å²) in [4.78, 5) is 11.4. The number of carboxylic acids is 1. The topological polar surface area (TPSA) is 40.5 Å². The molecular formula is C7H12F3NO2. The van der Waals surface area contributed by atoms with Crippen LogP contribution in [0.25, 0.3) is 0 Å². The van der Waals surface area contributed by atoms with Gasteiger partial charge in [0.15, 0.2) is 0 Å². The van der Waals surface area contributed by atoms with Gasteiger partial charge >= 0.3 is 12.1 Å². The molecule has 0 aliphatic rings. The Kier molecular flexibility index (Phi) is 4.76. The highest BCUT2D eigenvalue weighted by Gasteiger charge is 2.26. The van der Waals surface area contributed by atoms with Crippen molar-refractivity contribution >= 4 is 5.97 Å². The Morgan fingerprint density at radius 2 is 2.00 bits per heavy atom. The molecule has 13 heavy (non-hydrogen) atoms. The Balaban J connectivity index is 3.48. The van der Waals surface area contributed by atoms with Crippen molar-refractivity contribution < 1.29 is 23.1 Å². The molecule has 0 aliphatic carbocycles. The highest BCUT2D eigenvalue weighted by Crippen LogP contribution is 2.21. The first kappa shape index (κ1) is 12.2. The van der Waals surface area contributed by atoms with Crippen LogP contribution in [0.4, 0.5) is 13.2 Å². The van der Waals surface area contributed by atoms with E-state index in [9.17, 15) is 18.0 Å². The van der Waals surface area contributed by atoms with Crippen LogP contribution in [0.15, 0.2) is 0 Å². The number of carbonyl (C=O) groups is 1. The Morgan fingerprint density at radius 1 is 1.46 bits per heavy atom. The molecule has 0 aromatic heterocycles. The SMILES string of the molecule is CN(CCCC(F)(F)F)CC(=O)O. The van der Waals surface area contributed by atoms with E-state index in [0.29, 0.717) is 0 Å². The number of halogens is 3. The van der Waals surface area contributed by atoms with Gasteiger partial charge in [0, 0.05) is 6.42 Å². The van der Waals surface area contributed by atoms with Gasteiger partial charge in [-0.1, -0.05) is 0 Å². The number of carboxylic acid groups (broad SMARTS) is 1. The molecular weight excluding hydrogens is 187 g/mol. The van der Waals surface area contributed by atoms with E-state index in [0.717, 1.165) is 0 Å². The van der Waals surface area contributed by atoms with Crippen molar-refractivity contribution in [2.75, 3.05) is 20.1 Å². The minimum atomic E-state index is -4.15. The summed E-state index contributed by atoms with van der Waals surface area (Å²) in [5.41, 5.74) is 0. The van der Waals surface area contributed by atoms with E-state index in [2.05, 4.69) is 0 Å². The maximum absolute atomic E-state index is 11.6. The number of hydrogen-bond donors (Lipinski definition) is 1. The smallest absolute Gasteiger partial charge is 0.389 e. The fraction of sp³-hybridized carbons (Fsp3) is 0.857. The number of aliphatic carboxylic acids is 1. The number of alkyl halides is 3. The second-order valence-corrected chi connectivity index (χ2v) is 2.85. The van der Waals surface area contributed by atoms with Crippen molar-refractivity contribution in [1.29, 1.82) is 0 Å². The summed E-state index contributed by atoms with van der Waals surface area (Å²) in [5, 5.41) is 8.28. The molecule has 0 bridgehead atoms. The van der Waals surface area contributed by atoms with Gasteiger partial charge in [0.25, 0.3) is 0 Å². The highest BCUT2D eigenvalue weighted by molar-refractivity contribution is 5.68. The standard InChI is InChI=1S/C7H12F3NO2/c1-11(5-6(12)13)4-2-3-7(8,9)10/h2-5H2,1H3,(H,12,13). The van der Waals surface area contributed by atoms with Gasteiger partial charge < -0.3 is 5.11 Å². The maximum atomic E-state index is 11.6. The fourth-order valence-corrected chi connectivity index (χ4v) is 0.859. The third kappa shape index (κ3) is 9.13. The summed E-state index contributed by atoms with van der Waals surface area (Å²) < 4.78 is 34.9. The van der Waals surface area contributed by atoms with Crippen molar-refractivity contribution in [1.82, 2.24) is 4.90 Å². The van der Waals surface area contributed by atoms with Gasteiger partial charge in [0.05, 0.1) is 6.54 Å². The summed E-state index contributed by atoms with van der Waals surface area (Å²) in [6.45, 7) is -0.0797. The summed E-state index contributed by atoms with van der Waals surface area (Å²) in [7, 11) is 1.48. The van der Waals surface area contributed by atoms with Crippen molar-refractivity contribution in [3.63, 3.8) is 0 Å². The van der Waals surface area contributed by atoms with E-state index < -0.39 is 18.6 Å². The van der Waals surface area contributed by atoms with Crippen molar-refractivity contribution in [3.8, 4) is 0 Å². The van der Waals surface area contributed by atoms with E-state index >= 15 is 0 Å². The number of nitrogens with zero attached hydrogens (tertiary/aromatic N) is 1. The molecule has 0 fully saturated rings. The molecule has 0 unspecified atom stereocenters. The van der Waals surface area contributed by atoms with Gasteiger partial charge in [-0.3, -0.25) is 9.69 Å². The minimum Gasteiger partial charge on any atom is -0.480 e. The molecule has 1 N–H and O–H groups in total. The van der Waals surface area contributed by atoms with Crippen LogP contribution >= 0.6 is 0 Å². The monoisotopic (exact) mass is 199 g/mol. The second kappa shape index (κ2) is 5.06. The third-order valence-electron chi connectivity index (χ3n) is 1.41. The third-order valence-corrected chi connectivity index (χ3v) is 1.41. The van der Waals surface area contributed by atoms with Crippen LogP contribution in [0, 0.1) is 0 Å². The molecule has 0 rings (SSSR count). The molecule has 6 heteroatoms. The first-order valence-electron chi connectivity index (χ1n) is 3.78. The summed E-state index contributed by atoms with van der Waals surface area (Å²) in [6.07, 6.45) is -5.08. The first-order valence-corrected chi connectivity index (χ1v) is 3.78. The Labute approximate surface area is 74.1 Å². The largest absolute Gasteiger partial charge is 0.480 e. The quantitative estimate of drug-likeness (QED) is 0.726. The molecule has 0 amide bonds. The minimum absolute atomic E-state index is 0.0622. The van der Waals surface area contributed by atoms with Crippen LogP contribution in [0.1, 0.15) is 12.8 Å². The van der Waals surface area contributed by atoms with Crippen LogP contribution in [-0.4, -0.2) is 42.3 Å². The highest BCUT2D eigenvalue weighted by atomic mass is 19.4. The molecule has 0 radical (unpaired) electrons. The normalized spacial score (nSPS) is 12.1. The zero-order valence-electron chi connectivity index (χ0n) is 7.26. The van der Waals surface area contributed by atoms with Crippen LogP contribution in [0.3, 0.4) is 0 Å². The zero-order chi connectivity index (χ0) is 10.5. The average Bonchev–Trinajstić information content (AvgIpc) is 1.81. The molecule has 0 aromatic rings. The summed E-state index contributed by atoms with van der Waals surface area (Å²) in [6, 6.07) is 0. The van der Waals surface area contributed by atoms with Crippen LogP contribution in [0.5, 0.6) is 0 Å². The van der Waals surface area contributed by atoms with E-state index in [1.165, 1.54) is 11.9 Å². The van der Waals surface area contributed by atoms with Crippen molar-refractivity contribution in [2.24, 2.45) is 0 Å². The predicted molar refractivity (Wildman–Crippen MR) is 40.4 cm³/mol. The van der Waals surface area contributed by atoms with Crippen LogP contribution < -0.4 is 0 Å². The molecule has 0 saturated carbocycles. The summed E-state index contributed by atoms with van der Waals surface area (Å²) >= 11 is 0. The van der Waals surface area contributed by atoms with E-state index in [1.54, 1.807) is 0 Å². The Hall–Kier alpha value is -0.780. The van der Waals surface area contributed by atoms with Gasteiger partial charge in [0.2, 0.25) is 0 Å². The molecule has 78 valence electrons. The average molecular weight is 199 g/mol. The second-order valence-electron chi connectivity index (χ2n) is 2.85. The Morgan fingerprint density at radius 3 is 2.38 bits per heavy atom. The fourth-order valence-electron chi connectivity index (χ4n) is 0.859. The van der Waals surface area contributed by atoms with Crippen molar-refractivity contribution in [2.45, 2.75) is 19.0 Å². The lowest BCUT2D eigenvalue weighted by Gasteiger charge is -2.14. The number of hydrogen-bond acceptors (Lipinski definition) is 2. The van der Waals surface area contributed by atoms with E-state index in [1.807, 2.05) is 0 Å². The Bertz CT molecular complexity index is 170. The van der Waals surface area contributed by atoms with Crippen molar-refractivity contribution in [3.05, 3.63) is 0 Å². The number of rotatable bonds is 5.